The lowest BCUT2D eigenvalue weighted by atomic mass is 9.85. The molecular weight excluding hydrogens is 255 g/mol. The molecule has 0 bridgehead atoms. The van der Waals surface area contributed by atoms with Crippen LogP contribution < -0.4 is 5.32 Å². The number of rotatable bonds is 6. The van der Waals surface area contributed by atoms with E-state index in [1.54, 1.807) is 13.0 Å². The molecule has 0 spiro atoms. The Morgan fingerprint density at radius 3 is 2.21 bits per heavy atom. The molecule has 0 fully saturated rings. The summed E-state index contributed by atoms with van der Waals surface area (Å²) < 4.78 is 39.2. The molecule has 1 rings (SSSR count). The number of alkyl halides is 3. The van der Waals surface area contributed by atoms with E-state index in [4.69, 9.17) is 5.11 Å². The summed E-state index contributed by atoms with van der Waals surface area (Å²) in [6.45, 7) is 4.08. The minimum absolute atomic E-state index is 0.167. The van der Waals surface area contributed by atoms with Gasteiger partial charge in [0.15, 0.2) is 0 Å². The first-order valence-corrected chi connectivity index (χ1v) is 6.37. The number of aliphatic hydroxyl groups is 1. The summed E-state index contributed by atoms with van der Waals surface area (Å²) >= 11 is 0. The third-order valence-electron chi connectivity index (χ3n) is 3.20. The highest BCUT2D eigenvalue weighted by atomic mass is 19.4. The van der Waals surface area contributed by atoms with Crippen molar-refractivity contribution in [3.05, 3.63) is 35.4 Å². The first-order chi connectivity index (χ1) is 8.85. The molecule has 19 heavy (non-hydrogen) atoms. The van der Waals surface area contributed by atoms with Gasteiger partial charge in [-0.25, -0.2) is 0 Å². The van der Waals surface area contributed by atoms with Crippen LogP contribution in [-0.4, -0.2) is 18.3 Å². The fourth-order valence-electron chi connectivity index (χ4n) is 2.15. The van der Waals surface area contributed by atoms with Gasteiger partial charge in [-0.3, -0.25) is 0 Å². The first-order valence-electron chi connectivity index (χ1n) is 6.37. The van der Waals surface area contributed by atoms with Gasteiger partial charge >= 0.3 is 6.18 Å². The van der Waals surface area contributed by atoms with Gasteiger partial charge in [-0.05, 0) is 37.9 Å². The summed E-state index contributed by atoms with van der Waals surface area (Å²) in [5.74, 6) is 0. The van der Waals surface area contributed by atoms with Crippen LogP contribution in [0.5, 0.6) is 0 Å². The molecule has 1 aromatic rings. The summed E-state index contributed by atoms with van der Waals surface area (Å²) in [4.78, 5) is 0. The van der Waals surface area contributed by atoms with E-state index >= 15 is 0 Å². The van der Waals surface area contributed by atoms with Crippen LogP contribution in [0.25, 0.3) is 0 Å². The number of halogens is 3. The van der Waals surface area contributed by atoms with E-state index in [9.17, 15) is 13.2 Å². The zero-order valence-electron chi connectivity index (χ0n) is 11.2. The smallest absolute Gasteiger partial charge is 0.396 e. The molecule has 1 unspecified atom stereocenters. The molecule has 0 saturated carbocycles. The number of aliphatic hydroxyl groups excluding tert-OH is 1. The Balaban J connectivity index is 3.22. The van der Waals surface area contributed by atoms with Crippen LogP contribution >= 0.6 is 0 Å². The van der Waals surface area contributed by atoms with Gasteiger partial charge in [-0.2, -0.15) is 13.2 Å². The van der Waals surface area contributed by atoms with Crippen molar-refractivity contribution in [3.8, 4) is 0 Å². The van der Waals surface area contributed by atoms with Crippen molar-refractivity contribution in [2.75, 3.05) is 13.2 Å². The van der Waals surface area contributed by atoms with E-state index in [-0.39, 0.29) is 18.6 Å². The molecule has 1 aromatic carbocycles. The number of benzene rings is 1. The molecule has 2 N–H and O–H groups in total. The van der Waals surface area contributed by atoms with Crippen LogP contribution in [-0.2, 0) is 11.7 Å². The highest BCUT2D eigenvalue weighted by molar-refractivity contribution is 5.35. The van der Waals surface area contributed by atoms with Gasteiger partial charge in [0, 0.05) is 12.1 Å². The minimum Gasteiger partial charge on any atom is -0.396 e. The molecule has 0 radical (unpaired) electrons. The number of hydrogen-bond donors (Lipinski definition) is 2. The predicted molar refractivity (Wildman–Crippen MR) is 68.8 cm³/mol. The third-order valence-corrected chi connectivity index (χ3v) is 3.20. The maximum absolute atomic E-state index is 13.1. The van der Waals surface area contributed by atoms with Gasteiger partial charge in [0.05, 0.1) is 5.56 Å². The van der Waals surface area contributed by atoms with Crippen LogP contribution in [0.4, 0.5) is 13.2 Å². The average molecular weight is 275 g/mol. The van der Waals surface area contributed by atoms with Crippen molar-refractivity contribution >= 4 is 0 Å². The zero-order valence-corrected chi connectivity index (χ0v) is 11.2. The molecule has 0 aliphatic carbocycles. The van der Waals surface area contributed by atoms with Gasteiger partial charge < -0.3 is 10.4 Å². The molecule has 0 aliphatic heterocycles. The summed E-state index contributed by atoms with van der Waals surface area (Å²) in [6, 6.07) is 5.53. The molecule has 0 aromatic heterocycles. The van der Waals surface area contributed by atoms with Crippen molar-refractivity contribution in [3.63, 3.8) is 0 Å². The Labute approximate surface area is 111 Å². The third kappa shape index (κ3) is 3.94. The summed E-state index contributed by atoms with van der Waals surface area (Å²) in [7, 11) is 0. The van der Waals surface area contributed by atoms with Crippen molar-refractivity contribution in [2.24, 2.45) is 0 Å². The highest BCUT2D eigenvalue weighted by Crippen LogP contribution is 2.37. The minimum atomic E-state index is -4.39. The average Bonchev–Trinajstić information content (AvgIpc) is 2.36. The van der Waals surface area contributed by atoms with Crippen LogP contribution in [0.15, 0.2) is 24.3 Å². The zero-order chi connectivity index (χ0) is 14.5. The Morgan fingerprint density at radius 1 is 1.16 bits per heavy atom. The largest absolute Gasteiger partial charge is 0.416 e. The molecule has 0 heterocycles. The summed E-state index contributed by atoms with van der Waals surface area (Å²) in [6.07, 6.45) is -3.34. The normalized spacial score (nSPS) is 15.3. The Kier molecular flexibility index (Phi) is 5.38. The standard InChI is InChI=1S/C14H20F3NO/c1-3-9-18-13(2,8-10-19)11-6-4-5-7-12(11)14(15,16)17/h4-7,18-19H,3,8-10H2,1-2H3. The van der Waals surface area contributed by atoms with E-state index in [0.29, 0.717) is 6.54 Å². The van der Waals surface area contributed by atoms with Crippen LogP contribution in [0, 0.1) is 0 Å². The van der Waals surface area contributed by atoms with Gasteiger partial charge in [-0.15, -0.1) is 0 Å². The van der Waals surface area contributed by atoms with E-state index < -0.39 is 17.3 Å². The fraction of sp³-hybridized carbons (Fsp3) is 0.571. The van der Waals surface area contributed by atoms with Crippen LogP contribution in [0.1, 0.15) is 37.8 Å². The Hall–Kier alpha value is -1.07. The van der Waals surface area contributed by atoms with E-state index in [1.807, 2.05) is 6.92 Å². The molecule has 108 valence electrons. The van der Waals surface area contributed by atoms with Gasteiger partial charge in [0.25, 0.3) is 0 Å². The predicted octanol–water partition coefficient (Wildman–Crippen LogP) is 3.30. The molecule has 0 amide bonds. The monoisotopic (exact) mass is 275 g/mol. The van der Waals surface area contributed by atoms with Crippen molar-refractivity contribution in [1.82, 2.24) is 5.32 Å². The van der Waals surface area contributed by atoms with Gasteiger partial charge in [0.1, 0.15) is 0 Å². The summed E-state index contributed by atoms with van der Waals surface area (Å²) in [5.41, 5.74) is -1.34. The molecule has 1 atom stereocenters. The number of nitrogens with one attached hydrogen (secondary N) is 1. The summed E-state index contributed by atoms with van der Waals surface area (Å²) in [5, 5.41) is 12.3. The lowest BCUT2D eigenvalue weighted by Crippen LogP contribution is -2.42. The first kappa shape index (κ1) is 16.0. The van der Waals surface area contributed by atoms with Crippen LogP contribution in [0.2, 0.25) is 0 Å². The quantitative estimate of drug-likeness (QED) is 0.835. The van der Waals surface area contributed by atoms with Crippen molar-refractivity contribution in [1.29, 1.82) is 0 Å². The van der Waals surface area contributed by atoms with Crippen LogP contribution in [0.3, 0.4) is 0 Å². The van der Waals surface area contributed by atoms with Gasteiger partial charge in [0.2, 0.25) is 0 Å². The van der Waals surface area contributed by atoms with Crippen molar-refractivity contribution < 1.29 is 18.3 Å². The second kappa shape index (κ2) is 6.39. The van der Waals surface area contributed by atoms with E-state index in [1.165, 1.54) is 12.1 Å². The second-order valence-corrected chi connectivity index (χ2v) is 4.78. The molecule has 0 saturated heterocycles. The number of hydrogen-bond acceptors (Lipinski definition) is 2. The maximum Gasteiger partial charge on any atom is 0.416 e. The molecule has 2 nitrogen and oxygen atoms in total. The Morgan fingerprint density at radius 2 is 1.74 bits per heavy atom. The molecular formula is C14H20F3NO. The fourth-order valence-corrected chi connectivity index (χ4v) is 2.15. The van der Waals surface area contributed by atoms with E-state index in [2.05, 4.69) is 5.32 Å². The Bertz CT molecular complexity index is 406. The molecule has 0 aliphatic rings. The van der Waals surface area contributed by atoms with Crippen molar-refractivity contribution in [2.45, 2.75) is 38.4 Å². The second-order valence-electron chi connectivity index (χ2n) is 4.78. The lowest BCUT2D eigenvalue weighted by Gasteiger charge is -2.33. The topological polar surface area (TPSA) is 32.3 Å². The lowest BCUT2D eigenvalue weighted by molar-refractivity contribution is -0.139. The SMILES string of the molecule is CCCNC(C)(CCO)c1ccccc1C(F)(F)F. The maximum atomic E-state index is 13.1. The van der Waals surface area contributed by atoms with Gasteiger partial charge in [-0.1, -0.05) is 25.1 Å². The molecule has 5 heteroatoms. The highest BCUT2D eigenvalue weighted by Gasteiger charge is 2.38. The van der Waals surface area contributed by atoms with E-state index in [0.717, 1.165) is 12.5 Å².